The Hall–Kier alpha value is -1.04. The number of amides is 1. The molecule has 21 heavy (non-hydrogen) atoms. The number of piperidine rings is 1. The Bertz CT molecular complexity index is 433. The van der Waals surface area contributed by atoms with Gasteiger partial charge in [-0.3, -0.25) is 4.90 Å². The molecule has 1 aliphatic heterocycles. The highest BCUT2D eigenvalue weighted by Gasteiger charge is 2.27. The van der Waals surface area contributed by atoms with E-state index in [9.17, 15) is 9.00 Å². The molecule has 1 heterocycles. The van der Waals surface area contributed by atoms with Gasteiger partial charge in [0.05, 0.1) is 4.75 Å². The standard InChI is InChI=1S/C15H28N2O3S/c1-14(2,3)20-13(18)17-10-8-7-9-12(17)11-16-21(19)15(4,5)6/h11,16H,7-10H2,1-6H3/b12-11+. The van der Waals surface area contributed by atoms with Crippen LogP contribution in [-0.2, 0) is 15.7 Å². The third-order valence-electron chi connectivity index (χ3n) is 2.91. The van der Waals surface area contributed by atoms with Crippen LogP contribution in [0.15, 0.2) is 11.9 Å². The quantitative estimate of drug-likeness (QED) is 0.850. The number of likely N-dealkylation sites (tertiary alicyclic amines) is 1. The fraction of sp³-hybridized carbons (Fsp3) is 0.800. The number of carbonyl (C=O) groups excluding carboxylic acids is 1. The van der Waals surface area contributed by atoms with Gasteiger partial charge in [0.1, 0.15) is 16.6 Å². The van der Waals surface area contributed by atoms with E-state index >= 15 is 0 Å². The van der Waals surface area contributed by atoms with Crippen LogP contribution in [0, 0.1) is 0 Å². The molecule has 6 heteroatoms. The molecular weight excluding hydrogens is 288 g/mol. The molecule has 0 spiro atoms. The molecule has 122 valence electrons. The molecule has 0 radical (unpaired) electrons. The van der Waals surface area contributed by atoms with Gasteiger partial charge in [0.25, 0.3) is 0 Å². The molecule has 1 saturated heterocycles. The number of hydrogen-bond donors (Lipinski definition) is 1. The summed E-state index contributed by atoms with van der Waals surface area (Å²) in [6.07, 6.45) is 4.13. The van der Waals surface area contributed by atoms with Crippen molar-refractivity contribution in [2.45, 2.75) is 71.2 Å². The van der Waals surface area contributed by atoms with E-state index in [2.05, 4.69) is 4.72 Å². The van der Waals surface area contributed by atoms with Gasteiger partial charge in [-0.15, -0.1) is 0 Å². The van der Waals surface area contributed by atoms with Gasteiger partial charge >= 0.3 is 6.09 Å². The number of nitrogens with zero attached hydrogens (tertiary/aromatic N) is 1. The molecule has 0 aromatic carbocycles. The Labute approximate surface area is 130 Å². The lowest BCUT2D eigenvalue weighted by atomic mass is 10.1. The maximum Gasteiger partial charge on any atom is 0.414 e. The summed E-state index contributed by atoms with van der Waals surface area (Å²) in [5.41, 5.74) is 0.328. The molecule has 1 aliphatic rings. The molecule has 1 unspecified atom stereocenters. The number of carbonyl (C=O) groups is 1. The molecular formula is C15H28N2O3S. The predicted octanol–water partition coefficient (Wildman–Crippen LogP) is 3.30. The highest BCUT2D eigenvalue weighted by atomic mass is 32.2. The largest absolute Gasteiger partial charge is 0.443 e. The number of rotatable bonds is 2. The fourth-order valence-corrected chi connectivity index (χ4v) is 2.43. The van der Waals surface area contributed by atoms with Gasteiger partial charge in [-0.25, -0.2) is 9.00 Å². The van der Waals surface area contributed by atoms with E-state index in [1.807, 2.05) is 41.5 Å². The Morgan fingerprint density at radius 3 is 2.38 bits per heavy atom. The van der Waals surface area contributed by atoms with E-state index in [1.54, 1.807) is 11.1 Å². The average molecular weight is 316 g/mol. The monoisotopic (exact) mass is 316 g/mol. The van der Waals surface area contributed by atoms with Crippen molar-refractivity contribution in [3.8, 4) is 0 Å². The minimum Gasteiger partial charge on any atom is -0.443 e. The van der Waals surface area contributed by atoms with E-state index in [-0.39, 0.29) is 10.8 Å². The zero-order chi connectivity index (χ0) is 16.3. The summed E-state index contributed by atoms with van der Waals surface area (Å²) in [5, 5.41) is 0. The number of ether oxygens (including phenoxy) is 1. The highest BCUT2D eigenvalue weighted by molar-refractivity contribution is 7.84. The minimum atomic E-state index is -1.19. The fourth-order valence-electron chi connectivity index (χ4n) is 1.83. The molecule has 5 nitrogen and oxygen atoms in total. The van der Waals surface area contributed by atoms with Crippen molar-refractivity contribution < 1.29 is 13.7 Å². The van der Waals surface area contributed by atoms with Crippen molar-refractivity contribution in [1.29, 1.82) is 0 Å². The lowest BCUT2D eigenvalue weighted by Crippen LogP contribution is -2.39. The Balaban J connectivity index is 2.78. The van der Waals surface area contributed by atoms with Crippen LogP contribution in [0.5, 0.6) is 0 Å². The van der Waals surface area contributed by atoms with Crippen LogP contribution >= 0.6 is 0 Å². The first kappa shape index (κ1) is 18.0. The first-order valence-electron chi connectivity index (χ1n) is 7.38. The Morgan fingerprint density at radius 1 is 1.24 bits per heavy atom. The first-order valence-corrected chi connectivity index (χ1v) is 8.53. The molecule has 0 aliphatic carbocycles. The van der Waals surface area contributed by atoms with Crippen LogP contribution in [0.4, 0.5) is 4.79 Å². The minimum absolute atomic E-state index is 0.336. The summed E-state index contributed by atoms with van der Waals surface area (Å²) < 4.78 is 20.0. The summed E-state index contributed by atoms with van der Waals surface area (Å²) in [6.45, 7) is 11.9. The second kappa shape index (κ2) is 6.81. The van der Waals surface area contributed by atoms with E-state index < -0.39 is 16.6 Å². The van der Waals surface area contributed by atoms with Gasteiger partial charge in [0.2, 0.25) is 0 Å². The predicted molar refractivity (Wildman–Crippen MR) is 85.9 cm³/mol. The van der Waals surface area contributed by atoms with Crippen LogP contribution in [0.3, 0.4) is 0 Å². The maximum atomic E-state index is 12.2. The average Bonchev–Trinajstić information content (AvgIpc) is 2.33. The molecule has 1 fully saturated rings. The lowest BCUT2D eigenvalue weighted by Gasteiger charge is -2.32. The molecule has 1 N–H and O–H groups in total. The van der Waals surface area contributed by atoms with Crippen LogP contribution < -0.4 is 4.72 Å². The van der Waals surface area contributed by atoms with Crippen molar-refractivity contribution in [2.24, 2.45) is 0 Å². The SMILES string of the molecule is CC(C)(C)OC(=O)N1CCCC/C1=C\NS(=O)C(C)(C)C. The lowest BCUT2D eigenvalue weighted by molar-refractivity contribution is 0.0285. The summed E-state index contributed by atoms with van der Waals surface area (Å²) in [4.78, 5) is 13.9. The number of hydrogen-bond acceptors (Lipinski definition) is 3. The summed E-state index contributed by atoms with van der Waals surface area (Å²) in [7, 11) is -1.19. The van der Waals surface area contributed by atoms with Crippen molar-refractivity contribution >= 4 is 17.1 Å². The number of nitrogens with one attached hydrogen (secondary N) is 1. The van der Waals surface area contributed by atoms with Crippen LogP contribution in [0.2, 0.25) is 0 Å². The summed E-state index contributed by atoms with van der Waals surface area (Å²) in [6, 6.07) is 0. The Kier molecular flexibility index (Phi) is 5.84. The molecule has 1 amide bonds. The molecule has 1 atom stereocenters. The zero-order valence-electron chi connectivity index (χ0n) is 14.0. The highest BCUT2D eigenvalue weighted by Crippen LogP contribution is 2.23. The normalized spacial score (nSPS) is 20.3. The zero-order valence-corrected chi connectivity index (χ0v) is 14.8. The third kappa shape index (κ3) is 6.08. The second-order valence-corrected chi connectivity index (χ2v) is 9.22. The van der Waals surface area contributed by atoms with Gasteiger partial charge in [-0.1, -0.05) is 0 Å². The van der Waals surface area contributed by atoms with Crippen LogP contribution in [-0.4, -0.2) is 32.1 Å². The van der Waals surface area contributed by atoms with E-state index in [1.165, 1.54) is 0 Å². The smallest absolute Gasteiger partial charge is 0.414 e. The third-order valence-corrected chi connectivity index (χ3v) is 4.36. The van der Waals surface area contributed by atoms with Crippen LogP contribution in [0.25, 0.3) is 0 Å². The molecule has 0 aromatic heterocycles. The van der Waals surface area contributed by atoms with E-state index in [0.717, 1.165) is 25.0 Å². The summed E-state index contributed by atoms with van der Waals surface area (Å²) >= 11 is 0. The van der Waals surface area contributed by atoms with E-state index in [4.69, 9.17) is 4.74 Å². The van der Waals surface area contributed by atoms with Gasteiger partial charge in [0, 0.05) is 18.4 Å². The van der Waals surface area contributed by atoms with E-state index in [0.29, 0.717) is 6.54 Å². The molecule has 0 saturated carbocycles. The van der Waals surface area contributed by atoms with Crippen molar-refractivity contribution in [3.05, 3.63) is 11.9 Å². The number of allylic oxidation sites excluding steroid dienone is 1. The maximum absolute atomic E-state index is 12.2. The van der Waals surface area contributed by atoms with Crippen LogP contribution in [0.1, 0.15) is 60.8 Å². The summed E-state index contributed by atoms with van der Waals surface area (Å²) in [5.74, 6) is 0. The van der Waals surface area contributed by atoms with Gasteiger partial charge < -0.3 is 9.46 Å². The molecule has 0 aromatic rings. The van der Waals surface area contributed by atoms with Gasteiger partial charge in [-0.05, 0) is 60.8 Å². The Morgan fingerprint density at radius 2 is 1.86 bits per heavy atom. The van der Waals surface area contributed by atoms with Gasteiger partial charge in [0.15, 0.2) is 0 Å². The second-order valence-electron chi connectivity index (χ2n) is 7.22. The van der Waals surface area contributed by atoms with Crippen molar-refractivity contribution in [1.82, 2.24) is 9.62 Å². The first-order chi connectivity index (χ1) is 9.50. The van der Waals surface area contributed by atoms with Crippen molar-refractivity contribution in [2.75, 3.05) is 6.54 Å². The topological polar surface area (TPSA) is 58.6 Å². The molecule has 1 rings (SSSR count). The molecule has 0 bridgehead atoms. The van der Waals surface area contributed by atoms with Crippen molar-refractivity contribution in [3.63, 3.8) is 0 Å². The van der Waals surface area contributed by atoms with Gasteiger partial charge in [-0.2, -0.15) is 0 Å².